The van der Waals surface area contributed by atoms with Crippen LogP contribution in [0.25, 0.3) is 6.08 Å². The fourth-order valence-corrected chi connectivity index (χ4v) is 2.32. The van der Waals surface area contributed by atoms with Gasteiger partial charge in [0, 0.05) is 20.3 Å². The van der Waals surface area contributed by atoms with Crippen LogP contribution in [0.1, 0.15) is 12.0 Å². The van der Waals surface area contributed by atoms with E-state index in [1.165, 1.54) is 6.08 Å². The van der Waals surface area contributed by atoms with Gasteiger partial charge in [-0.05, 0) is 30.2 Å². The zero-order valence-corrected chi connectivity index (χ0v) is 13.5. The van der Waals surface area contributed by atoms with Crippen LogP contribution < -0.4 is 14.8 Å². The average molecular weight is 337 g/mol. The van der Waals surface area contributed by atoms with E-state index >= 15 is 0 Å². The normalized spacial score (nSPS) is 13.3. The molecule has 1 heterocycles. The van der Waals surface area contributed by atoms with Gasteiger partial charge in [-0.25, -0.2) is 0 Å². The van der Waals surface area contributed by atoms with Gasteiger partial charge in [0.2, 0.25) is 0 Å². The van der Waals surface area contributed by atoms with Crippen LogP contribution >= 0.6 is 11.6 Å². The highest BCUT2D eigenvalue weighted by atomic mass is 35.5. The standard InChI is InChI=1S/C16H17ClN2O4/c1-21-4-2-3-19-16(20)12(10-18)7-11-8-13(17)15-14(9-11)22-5-6-23-15/h7-9H,2-6H2,1H3,(H,19,20)/b12-7-. The van der Waals surface area contributed by atoms with E-state index in [0.29, 0.717) is 54.9 Å². The van der Waals surface area contributed by atoms with Crippen LogP contribution in [0, 0.1) is 11.3 Å². The first-order chi connectivity index (χ1) is 11.2. The number of hydrogen-bond donors (Lipinski definition) is 1. The van der Waals surface area contributed by atoms with Gasteiger partial charge in [-0.3, -0.25) is 4.79 Å². The van der Waals surface area contributed by atoms with Crippen LogP contribution in [0.4, 0.5) is 0 Å². The third kappa shape index (κ3) is 4.62. The van der Waals surface area contributed by atoms with E-state index < -0.39 is 5.91 Å². The smallest absolute Gasteiger partial charge is 0.261 e. The molecule has 1 aliphatic rings. The highest BCUT2D eigenvalue weighted by Gasteiger charge is 2.17. The van der Waals surface area contributed by atoms with Gasteiger partial charge in [0.15, 0.2) is 11.5 Å². The van der Waals surface area contributed by atoms with E-state index in [1.807, 2.05) is 6.07 Å². The lowest BCUT2D eigenvalue weighted by molar-refractivity contribution is -0.117. The number of nitrogens with zero attached hydrogens (tertiary/aromatic N) is 1. The van der Waals surface area contributed by atoms with Crippen LogP contribution in [0.3, 0.4) is 0 Å². The van der Waals surface area contributed by atoms with E-state index in [-0.39, 0.29) is 5.57 Å². The summed E-state index contributed by atoms with van der Waals surface area (Å²) in [7, 11) is 1.59. The summed E-state index contributed by atoms with van der Waals surface area (Å²) in [6.45, 7) is 1.86. The molecular weight excluding hydrogens is 320 g/mol. The number of amides is 1. The van der Waals surface area contributed by atoms with Crippen molar-refractivity contribution >= 4 is 23.6 Å². The summed E-state index contributed by atoms with van der Waals surface area (Å²) < 4.78 is 15.8. The second kappa shape index (κ2) is 8.42. The summed E-state index contributed by atoms with van der Waals surface area (Å²) in [5.41, 5.74) is 0.595. The van der Waals surface area contributed by atoms with Crippen LogP contribution in [0.2, 0.25) is 5.02 Å². The second-order valence-electron chi connectivity index (χ2n) is 4.80. The van der Waals surface area contributed by atoms with E-state index in [4.69, 9.17) is 25.8 Å². The summed E-state index contributed by atoms with van der Waals surface area (Å²) in [5.74, 6) is 0.556. The second-order valence-corrected chi connectivity index (χ2v) is 5.21. The molecule has 1 aromatic rings. The Bertz CT molecular complexity index is 652. The molecule has 0 saturated carbocycles. The highest BCUT2D eigenvalue weighted by Crippen LogP contribution is 2.38. The number of ether oxygens (including phenoxy) is 3. The number of hydrogen-bond acceptors (Lipinski definition) is 5. The summed E-state index contributed by atoms with van der Waals surface area (Å²) >= 11 is 6.14. The summed E-state index contributed by atoms with van der Waals surface area (Å²) in [6.07, 6.45) is 2.15. The first kappa shape index (κ1) is 17.1. The van der Waals surface area contributed by atoms with Gasteiger partial charge < -0.3 is 19.5 Å². The topological polar surface area (TPSA) is 80.6 Å². The van der Waals surface area contributed by atoms with Crippen molar-refractivity contribution in [1.82, 2.24) is 5.32 Å². The van der Waals surface area contributed by atoms with Crippen molar-refractivity contribution in [2.24, 2.45) is 0 Å². The molecule has 0 bridgehead atoms. The minimum Gasteiger partial charge on any atom is -0.486 e. The number of rotatable bonds is 6. The van der Waals surface area contributed by atoms with E-state index in [9.17, 15) is 10.1 Å². The van der Waals surface area contributed by atoms with Gasteiger partial charge in [0.1, 0.15) is 24.9 Å². The molecule has 0 aromatic heterocycles. The first-order valence-corrected chi connectivity index (χ1v) is 7.51. The molecule has 7 heteroatoms. The molecule has 0 radical (unpaired) electrons. The number of nitriles is 1. The van der Waals surface area contributed by atoms with E-state index in [1.54, 1.807) is 19.2 Å². The van der Waals surface area contributed by atoms with Crippen LogP contribution in [-0.4, -0.2) is 39.4 Å². The van der Waals surface area contributed by atoms with E-state index in [2.05, 4.69) is 5.32 Å². The quantitative estimate of drug-likeness (QED) is 0.489. The van der Waals surface area contributed by atoms with Crippen molar-refractivity contribution < 1.29 is 19.0 Å². The number of carbonyl (C=O) groups excluding carboxylic acids is 1. The van der Waals surface area contributed by atoms with Crippen LogP contribution in [0.5, 0.6) is 11.5 Å². The number of nitrogens with one attached hydrogen (secondary N) is 1. The van der Waals surface area contributed by atoms with Crippen molar-refractivity contribution in [2.75, 3.05) is 33.5 Å². The van der Waals surface area contributed by atoms with Gasteiger partial charge in [-0.15, -0.1) is 0 Å². The van der Waals surface area contributed by atoms with Crippen LogP contribution in [0.15, 0.2) is 17.7 Å². The molecule has 1 amide bonds. The Balaban J connectivity index is 2.13. The Hall–Kier alpha value is -2.23. The Morgan fingerprint density at radius 1 is 1.48 bits per heavy atom. The number of halogens is 1. The fourth-order valence-electron chi connectivity index (χ4n) is 2.04. The number of benzene rings is 1. The largest absolute Gasteiger partial charge is 0.486 e. The first-order valence-electron chi connectivity index (χ1n) is 7.13. The van der Waals surface area contributed by atoms with Crippen molar-refractivity contribution in [3.05, 3.63) is 28.3 Å². The molecule has 0 unspecified atom stereocenters. The molecule has 0 aliphatic carbocycles. The molecule has 1 aliphatic heterocycles. The minimum absolute atomic E-state index is 0.00448. The Kier molecular flexibility index (Phi) is 6.27. The van der Waals surface area contributed by atoms with Crippen molar-refractivity contribution in [1.29, 1.82) is 5.26 Å². The molecule has 0 fully saturated rings. The third-order valence-electron chi connectivity index (χ3n) is 3.11. The predicted molar refractivity (Wildman–Crippen MR) is 85.5 cm³/mol. The lowest BCUT2D eigenvalue weighted by Gasteiger charge is -2.19. The molecule has 0 spiro atoms. The maximum atomic E-state index is 12.0. The number of fused-ring (bicyclic) bond motifs is 1. The average Bonchev–Trinajstić information content (AvgIpc) is 2.56. The lowest BCUT2D eigenvalue weighted by atomic mass is 10.1. The van der Waals surface area contributed by atoms with Gasteiger partial charge in [0.25, 0.3) is 5.91 Å². The summed E-state index contributed by atoms with van der Waals surface area (Å²) in [5, 5.41) is 12.2. The molecule has 6 nitrogen and oxygen atoms in total. The molecular formula is C16H17ClN2O4. The summed E-state index contributed by atoms with van der Waals surface area (Å²) in [4.78, 5) is 12.0. The maximum absolute atomic E-state index is 12.0. The Morgan fingerprint density at radius 2 is 2.26 bits per heavy atom. The maximum Gasteiger partial charge on any atom is 0.261 e. The lowest BCUT2D eigenvalue weighted by Crippen LogP contribution is -2.26. The third-order valence-corrected chi connectivity index (χ3v) is 3.39. The number of carbonyl (C=O) groups is 1. The zero-order chi connectivity index (χ0) is 16.7. The molecule has 23 heavy (non-hydrogen) atoms. The zero-order valence-electron chi connectivity index (χ0n) is 12.7. The van der Waals surface area contributed by atoms with Crippen molar-refractivity contribution in [2.45, 2.75) is 6.42 Å². The van der Waals surface area contributed by atoms with Crippen LogP contribution in [-0.2, 0) is 9.53 Å². The Labute approximate surface area is 139 Å². The fraction of sp³-hybridized carbons (Fsp3) is 0.375. The minimum atomic E-state index is -0.436. The number of methoxy groups -OCH3 is 1. The molecule has 0 saturated heterocycles. The van der Waals surface area contributed by atoms with Crippen molar-refractivity contribution in [3.63, 3.8) is 0 Å². The predicted octanol–water partition coefficient (Wildman–Crippen LogP) is 2.17. The molecule has 0 atom stereocenters. The summed E-state index contributed by atoms with van der Waals surface area (Å²) in [6, 6.07) is 5.21. The molecule has 1 aromatic carbocycles. The van der Waals surface area contributed by atoms with Crippen molar-refractivity contribution in [3.8, 4) is 17.6 Å². The van der Waals surface area contributed by atoms with E-state index in [0.717, 1.165) is 0 Å². The monoisotopic (exact) mass is 336 g/mol. The highest BCUT2D eigenvalue weighted by molar-refractivity contribution is 6.32. The van der Waals surface area contributed by atoms with Gasteiger partial charge >= 0.3 is 0 Å². The SMILES string of the molecule is COCCCNC(=O)/C(C#N)=C\c1cc(Cl)c2c(c1)OCCO2. The Morgan fingerprint density at radius 3 is 3.00 bits per heavy atom. The van der Waals surface area contributed by atoms with Gasteiger partial charge in [-0.1, -0.05) is 11.6 Å². The van der Waals surface area contributed by atoms with Gasteiger partial charge in [-0.2, -0.15) is 5.26 Å². The molecule has 1 N–H and O–H groups in total. The molecule has 122 valence electrons. The molecule has 2 rings (SSSR count). The van der Waals surface area contributed by atoms with Gasteiger partial charge in [0.05, 0.1) is 5.02 Å².